The van der Waals surface area contributed by atoms with Crippen LogP contribution in [0.25, 0.3) is 0 Å². The first kappa shape index (κ1) is 9.35. The molecule has 0 heterocycles. The van der Waals surface area contributed by atoms with Crippen LogP contribution < -0.4 is 10.5 Å². The van der Waals surface area contributed by atoms with Crippen LogP contribution in [0.3, 0.4) is 0 Å². The van der Waals surface area contributed by atoms with E-state index in [1.54, 1.807) is 4.72 Å². The average molecular weight is 197 g/mol. The summed E-state index contributed by atoms with van der Waals surface area (Å²) in [5.74, 6) is 0. The molecule has 1 aromatic rings. The van der Waals surface area contributed by atoms with E-state index in [2.05, 4.69) is 0 Å². The molecule has 0 bridgehead atoms. The summed E-state index contributed by atoms with van der Waals surface area (Å²) < 4.78 is 24.0. The smallest absolute Gasteiger partial charge is 0.270 e. The lowest BCUT2D eigenvalue weighted by Crippen LogP contribution is -2.17. The molecule has 0 saturated heterocycles. The number of nitriles is 1. The van der Waals surface area contributed by atoms with Gasteiger partial charge in [0.2, 0.25) is 0 Å². The predicted molar refractivity (Wildman–Crippen MR) is 46.8 cm³/mol. The van der Waals surface area contributed by atoms with Crippen molar-refractivity contribution in [2.75, 3.05) is 5.73 Å². The molecule has 1 rings (SSSR count). The lowest BCUT2D eigenvalue weighted by Gasteiger charge is -2.00. The van der Waals surface area contributed by atoms with Crippen molar-refractivity contribution < 1.29 is 8.42 Å². The number of rotatable bonds is 2. The highest BCUT2D eigenvalue weighted by Crippen LogP contribution is 2.10. The number of hydrogen-bond donors (Lipinski definition) is 2. The van der Waals surface area contributed by atoms with Crippen LogP contribution in [0, 0.1) is 11.5 Å². The van der Waals surface area contributed by atoms with E-state index in [9.17, 15) is 8.42 Å². The van der Waals surface area contributed by atoms with Gasteiger partial charge in [-0.2, -0.15) is 5.26 Å². The van der Waals surface area contributed by atoms with Gasteiger partial charge >= 0.3 is 0 Å². The Morgan fingerprint density at radius 2 is 1.85 bits per heavy atom. The lowest BCUT2D eigenvalue weighted by atomic mass is 10.3. The lowest BCUT2D eigenvalue weighted by molar-refractivity contribution is 0.591. The molecule has 0 radical (unpaired) electrons. The zero-order valence-electron chi connectivity index (χ0n) is 6.56. The van der Waals surface area contributed by atoms with Gasteiger partial charge in [-0.1, -0.05) is 0 Å². The monoisotopic (exact) mass is 197 g/mol. The number of nitrogens with two attached hydrogens (primary N) is 1. The minimum absolute atomic E-state index is 0.0169. The third-order valence-corrected chi connectivity index (χ3v) is 2.62. The molecule has 0 aromatic heterocycles. The minimum Gasteiger partial charge on any atom is -0.399 e. The second kappa shape index (κ2) is 3.33. The van der Waals surface area contributed by atoms with Crippen LogP contribution in [0.2, 0.25) is 0 Å². The summed E-state index contributed by atoms with van der Waals surface area (Å²) in [5.41, 5.74) is 5.83. The summed E-state index contributed by atoms with van der Waals surface area (Å²) in [4.78, 5) is 0.0169. The van der Waals surface area contributed by atoms with E-state index in [1.165, 1.54) is 30.5 Å². The van der Waals surface area contributed by atoms with Crippen LogP contribution in [0.15, 0.2) is 29.2 Å². The molecule has 0 aliphatic heterocycles. The predicted octanol–water partition coefficient (Wildman–Crippen LogP) is 0.0282. The van der Waals surface area contributed by atoms with Gasteiger partial charge in [-0.3, -0.25) is 0 Å². The number of benzene rings is 1. The highest BCUT2D eigenvalue weighted by atomic mass is 32.2. The quantitative estimate of drug-likeness (QED) is 0.397. The van der Waals surface area contributed by atoms with Gasteiger partial charge in [0.1, 0.15) is 0 Å². The number of nitrogens with zero attached hydrogens (tertiary/aromatic N) is 1. The van der Waals surface area contributed by atoms with E-state index >= 15 is 0 Å². The summed E-state index contributed by atoms with van der Waals surface area (Å²) in [6, 6.07) is 5.56. The average Bonchev–Trinajstić information content (AvgIpc) is 2.05. The van der Waals surface area contributed by atoms with E-state index in [0.717, 1.165) is 0 Å². The van der Waals surface area contributed by atoms with Gasteiger partial charge in [0.05, 0.1) is 4.90 Å². The van der Waals surface area contributed by atoms with Gasteiger partial charge in [0.15, 0.2) is 6.19 Å². The highest BCUT2D eigenvalue weighted by molar-refractivity contribution is 7.89. The second-order valence-corrected chi connectivity index (χ2v) is 3.97. The Balaban J connectivity index is 3.11. The molecule has 6 heteroatoms. The maximum Gasteiger partial charge on any atom is 0.270 e. The second-order valence-electron chi connectivity index (χ2n) is 2.29. The fourth-order valence-electron chi connectivity index (χ4n) is 0.766. The maximum absolute atomic E-state index is 11.2. The standard InChI is InChI=1S/C7H7N3O2S/c8-5-10-13(11,12)7-3-1-6(9)2-4-7/h1-4,10H,9H2. The van der Waals surface area contributed by atoms with Crippen LogP contribution in [0.5, 0.6) is 0 Å². The van der Waals surface area contributed by atoms with Crippen molar-refractivity contribution >= 4 is 15.7 Å². The van der Waals surface area contributed by atoms with E-state index in [-0.39, 0.29) is 4.90 Å². The summed E-state index contributed by atoms with van der Waals surface area (Å²) in [6.07, 6.45) is 1.35. The Bertz CT molecular complexity index is 430. The summed E-state index contributed by atoms with van der Waals surface area (Å²) in [6.45, 7) is 0. The Labute approximate surface area is 75.8 Å². The molecule has 0 unspecified atom stereocenters. The van der Waals surface area contributed by atoms with E-state index in [0.29, 0.717) is 5.69 Å². The fraction of sp³-hybridized carbons (Fsp3) is 0. The molecule has 5 nitrogen and oxygen atoms in total. The van der Waals surface area contributed by atoms with Gasteiger partial charge in [0.25, 0.3) is 10.0 Å². The van der Waals surface area contributed by atoms with Gasteiger partial charge in [-0.05, 0) is 24.3 Å². The van der Waals surface area contributed by atoms with Crippen molar-refractivity contribution in [3.63, 3.8) is 0 Å². The molecule has 13 heavy (non-hydrogen) atoms. The van der Waals surface area contributed by atoms with Crippen molar-refractivity contribution in [3.05, 3.63) is 24.3 Å². The van der Waals surface area contributed by atoms with E-state index in [4.69, 9.17) is 11.0 Å². The molecule has 3 N–H and O–H groups in total. The third-order valence-electron chi connectivity index (χ3n) is 1.37. The molecule has 0 fully saturated rings. The van der Waals surface area contributed by atoms with E-state index < -0.39 is 10.0 Å². The number of sulfonamides is 1. The first-order chi connectivity index (χ1) is 6.06. The van der Waals surface area contributed by atoms with Crippen LogP contribution in [-0.2, 0) is 10.0 Å². The van der Waals surface area contributed by atoms with Crippen molar-refractivity contribution in [3.8, 4) is 6.19 Å². The number of anilines is 1. The molecule has 0 aliphatic carbocycles. The minimum atomic E-state index is -3.69. The normalized spacial score (nSPS) is 10.4. The topological polar surface area (TPSA) is 96.0 Å². The zero-order valence-corrected chi connectivity index (χ0v) is 7.38. The Kier molecular flexibility index (Phi) is 2.39. The van der Waals surface area contributed by atoms with Gasteiger partial charge in [0, 0.05) is 5.69 Å². The molecular weight excluding hydrogens is 190 g/mol. The van der Waals surface area contributed by atoms with Crippen LogP contribution in [0.4, 0.5) is 5.69 Å². The number of nitrogen functional groups attached to an aromatic ring is 1. The fourth-order valence-corrected chi connectivity index (χ4v) is 1.50. The van der Waals surface area contributed by atoms with Crippen LogP contribution in [0.1, 0.15) is 0 Å². The Morgan fingerprint density at radius 3 is 2.31 bits per heavy atom. The van der Waals surface area contributed by atoms with Gasteiger partial charge in [-0.15, -0.1) is 0 Å². The largest absolute Gasteiger partial charge is 0.399 e. The third kappa shape index (κ3) is 2.10. The summed E-state index contributed by atoms with van der Waals surface area (Å²) in [5, 5.41) is 8.15. The molecule has 0 spiro atoms. The molecule has 0 aliphatic rings. The molecule has 68 valence electrons. The SMILES string of the molecule is N#CNS(=O)(=O)c1ccc(N)cc1. The van der Waals surface area contributed by atoms with E-state index in [1.807, 2.05) is 0 Å². The number of hydrogen-bond acceptors (Lipinski definition) is 4. The summed E-state index contributed by atoms with van der Waals surface area (Å²) >= 11 is 0. The van der Waals surface area contributed by atoms with Crippen molar-refractivity contribution in [1.29, 1.82) is 5.26 Å². The van der Waals surface area contributed by atoms with Crippen molar-refractivity contribution in [1.82, 2.24) is 4.72 Å². The zero-order chi connectivity index (χ0) is 9.90. The van der Waals surface area contributed by atoms with Crippen molar-refractivity contribution in [2.24, 2.45) is 0 Å². The Hall–Kier alpha value is -1.74. The van der Waals surface area contributed by atoms with Gasteiger partial charge in [-0.25, -0.2) is 13.1 Å². The van der Waals surface area contributed by atoms with Gasteiger partial charge < -0.3 is 5.73 Å². The summed E-state index contributed by atoms with van der Waals surface area (Å²) in [7, 11) is -3.69. The van der Waals surface area contributed by atoms with Crippen molar-refractivity contribution in [2.45, 2.75) is 4.90 Å². The highest BCUT2D eigenvalue weighted by Gasteiger charge is 2.11. The molecule has 0 atom stereocenters. The first-order valence-corrected chi connectivity index (χ1v) is 4.81. The molecule has 1 aromatic carbocycles. The molecule has 0 saturated carbocycles. The van der Waals surface area contributed by atoms with Crippen LogP contribution >= 0.6 is 0 Å². The number of nitrogens with one attached hydrogen (secondary N) is 1. The maximum atomic E-state index is 11.2. The molecule has 0 amide bonds. The Morgan fingerprint density at radius 1 is 1.31 bits per heavy atom. The molecular formula is C7H7N3O2S. The van der Waals surface area contributed by atoms with Crippen LogP contribution in [-0.4, -0.2) is 8.42 Å². The first-order valence-electron chi connectivity index (χ1n) is 3.33.